The van der Waals surface area contributed by atoms with E-state index in [0.717, 1.165) is 25.9 Å². The molecule has 6 nitrogen and oxygen atoms in total. The summed E-state index contributed by atoms with van der Waals surface area (Å²) in [6.45, 7) is 5.61. The number of piperidine rings is 1. The molecule has 0 unspecified atom stereocenters. The molecule has 1 aromatic heterocycles. The third-order valence-corrected chi connectivity index (χ3v) is 4.42. The normalized spacial score (nSPS) is 22.8. The van der Waals surface area contributed by atoms with E-state index in [4.69, 9.17) is 4.74 Å². The van der Waals surface area contributed by atoms with Gasteiger partial charge in [0.2, 0.25) is 5.91 Å². The summed E-state index contributed by atoms with van der Waals surface area (Å²) < 4.78 is 5.16. The number of nitrogens with zero attached hydrogens (tertiary/aromatic N) is 3. The summed E-state index contributed by atoms with van der Waals surface area (Å²) in [6, 6.07) is 3.98. The molecule has 0 aromatic carbocycles. The van der Waals surface area contributed by atoms with Crippen LogP contribution in [0.2, 0.25) is 0 Å². The zero-order chi connectivity index (χ0) is 15.7. The van der Waals surface area contributed by atoms with E-state index >= 15 is 0 Å². The number of carbonyl (C=O) groups is 2. The third-order valence-electron chi connectivity index (χ3n) is 4.42. The van der Waals surface area contributed by atoms with Crippen molar-refractivity contribution < 1.29 is 14.3 Å². The minimum Gasteiger partial charge on any atom is -0.444 e. The molecular weight excluding hydrogens is 282 g/mol. The van der Waals surface area contributed by atoms with Gasteiger partial charge in [0, 0.05) is 26.2 Å². The number of hydrogen-bond donors (Lipinski definition) is 0. The monoisotopic (exact) mass is 303 g/mol. The van der Waals surface area contributed by atoms with E-state index in [1.807, 2.05) is 24.0 Å². The molecule has 0 N–H and O–H groups in total. The van der Waals surface area contributed by atoms with Gasteiger partial charge in [-0.15, -0.1) is 0 Å². The number of aromatic nitrogens is 1. The van der Waals surface area contributed by atoms with Crippen LogP contribution in [0.25, 0.3) is 0 Å². The molecule has 0 spiro atoms. The van der Waals surface area contributed by atoms with E-state index in [1.54, 1.807) is 18.0 Å². The Morgan fingerprint density at radius 3 is 2.68 bits per heavy atom. The highest BCUT2D eigenvalue weighted by molar-refractivity contribution is 5.88. The summed E-state index contributed by atoms with van der Waals surface area (Å²) in [6.07, 6.45) is 3.21. The lowest BCUT2D eigenvalue weighted by Gasteiger charge is -2.31. The predicted octanol–water partition coefficient (Wildman–Crippen LogP) is 2.15. The zero-order valence-electron chi connectivity index (χ0n) is 13.0. The molecule has 2 fully saturated rings. The van der Waals surface area contributed by atoms with Gasteiger partial charge in [-0.2, -0.15) is 0 Å². The fourth-order valence-electron chi connectivity index (χ4n) is 3.16. The number of likely N-dealkylation sites (tertiary alicyclic amines) is 1. The Balaban J connectivity index is 1.72. The Labute approximate surface area is 130 Å². The highest BCUT2D eigenvalue weighted by Crippen LogP contribution is 2.30. The van der Waals surface area contributed by atoms with Crippen molar-refractivity contribution in [1.82, 2.24) is 9.88 Å². The first-order valence-corrected chi connectivity index (χ1v) is 7.74. The minimum atomic E-state index is -0.330. The Bertz CT molecular complexity index is 582. The number of anilines is 1. The summed E-state index contributed by atoms with van der Waals surface area (Å²) >= 11 is 0. The fourth-order valence-corrected chi connectivity index (χ4v) is 3.16. The largest absolute Gasteiger partial charge is 0.444 e. The van der Waals surface area contributed by atoms with Crippen LogP contribution in [0, 0.1) is 0 Å². The van der Waals surface area contributed by atoms with Crippen LogP contribution in [-0.2, 0) is 9.53 Å². The maximum Gasteiger partial charge on any atom is 0.415 e. The molecule has 3 heterocycles. The fraction of sp³-hybridized carbons (Fsp3) is 0.562. The van der Waals surface area contributed by atoms with Gasteiger partial charge in [0.15, 0.2) is 0 Å². The lowest BCUT2D eigenvalue weighted by Crippen LogP contribution is -2.36. The van der Waals surface area contributed by atoms with Crippen molar-refractivity contribution in [1.29, 1.82) is 0 Å². The summed E-state index contributed by atoms with van der Waals surface area (Å²) in [5.41, 5.74) is 1.18. The Kier molecular flexibility index (Phi) is 4.00. The van der Waals surface area contributed by atoms with E-state index in [-0.39, 0.29) is 18.1 Å². The molecule has 3 rings (SSSR count). The second-order valence-electron chi connectivity index (χ2n) is 6.03. The number of hydrogen-bond acceptors (Lipinski definition) is 4. The second kappa shape index (κ2) is 5.94. The van der Waals surface area contributed by atoms with Crippen LogP contribution in [0.5, 0.6) is 0 Å². The number of amides is 2. The van der Waals surface area contributed by atoms with Gasteiger partial charge >= 0.3 is 6.09 Å². The molecule has 2 saturated heterocycles. The number of pyridine rings is 1. The van der Waals surface area contributed by atoms with Gasteiger partial charge in [-0.1, -0.05) is 0 Å². The van der Waals surface area contributed by atoms with Crippen molar-refractivity contribution in [2.75, 3.05) is 24.5 Å². The maximum atomic E-state index is 11.8. The molecule has 0 radical (unpaired) electrons. The number of carbonyl (C=O) groups excluding carboxylic acids is 2. The summed E-state index contributed by atoms with van der Waals surface area (Å²) in [5, 5.41) is 0. The van der Waals surface area contributed by atoms with Crippen LogP contribution in [0.3, 0.4) is 0 Å². The molecule has 6 heteroatoms. The predicted molar refractivity (Wildman–Crippen MR) is 81.8 cm³/mol. The van der Waals surface area contributed by atoms with Crippen LogP contribution < -0.4 is 4.90 Å². The summed E-state index contributed by atoms with van der Waals surface area (Å²) in [4.78, 5) is 31.0. The van der Waals surface area contributed by atoms with Gasteiger partial charge in [0.05, 0.1) is 6.54 Å². The Morgan fingerprint density at radius 2 is 2.09 bits per heavy atom. The van der Waals surface area contributed by atoms with Crippen LogP contribution in [0.1, 0.15) is 38.2 Å². The molecule has 118 valence electrons. The van der Waals surface area contributed by atoms with E-state index in [1.165, 1.54) is 5.56 Å². The van der Waals surface area contributed by atoms with E-state index in [2.05, 4.69) is 4.98 Å². The molecule has 0 aliphatic carbocycles. The van der Waals surface area contributed by atoms with E-state index < -0.39 is 0 Å². The van der Waals surface area contributed by atoms with Crippen LogP contribution in [-0.4, -0.2) is 47.6 Å². The molecule has 0 bridgehead atoms. The van der Waals surface area contributed by atoms with Crippen LogP contribution in [0.4, 0.5) is 10.6 Å². The van der Waals surface area contributed by atoms with Crippen molar-refractivity contribution in [3.8, 4) is 0 Å². The van der Waals surface area contributed by atoms with Crippen LogP contribution >= 0.6 is 0 Å². The number of ether oxygens (including phenoxy) is 1. The molecule has 22 heavy (non-hydrogen) atoms. The number of cyclic esters (lactones) is 1. The smallest absolute Gasteiger partial charge is 0.415 e. The van der Waals surface area contributed by atoms with Crippen molar-refractivity contribution >= 4 is 17.8 Å². The average Bonchev–Trinajstić information content (AvgIpc) is 2.86. The molecule has 2 amide bonds. The van der Waals surface area contributed by atoms with Gasteiger partial charge in [-0.05, 0) is 43.4 Å². The average molecular weight is 303 g/mol. The SMILES string of the molecule is CC(=O)N1CCC(c2ccnc(N3C[C@H](C)OC3=O)c2)CC1. The van der Waals surface area contributed by atoms with Gasteiger partial charge < -0.3 is 9.64 Å². The molecule has 2 aliphatic heterocycles. The van der Waals surface area contributed by atoms with Crippen molar-refractivity contribution in [3.05, 3.63) is 23.9 Å². The topological polar surface area (TPSA) is 62.7 Å². The zero-order valence-corrected chi connectivity index (χ0v) is 13.0. The van der Waals surface area contributed by atoms with E-state index in [9.17, 15) is 9.59 Å². The van der Waals surface area contributed by atoms with Crippen molar-refractivity contribution in [2.45, 2.75) is 38.7 Å². The van der Waals surface area contributed by atoms with Gasteiger partial charge in [-0.25, -0.2) is 9.78 Å². The molecular formula is C16H21N3O3. The highest BCUT2D eigenvalue weighted by Gasteiger charge is 2.31. The lowest BCUT2D eigenvalue weighted by atomic mass is 9.90. The summed E-state index contributed by atoms with van der Waals surface area (Å²) in [7, 11) is 0. The molecule has 1 atom stereocenters. The first-order valence-electron chi connectivity index (χ1n) is 7.74. The molecule has 0 saturated carbocycles. The first kappa shape index (κ1) is 14.8. The molecule has 2 aliphatic rings. The maximum absolute atomic E-state index is 11.8. The lowest BCUT2D eigenvalue weighted by molar-refractivity contribution is -0.129. The molecule has 1 aromatic rings. The van der Waals surface area contributed by atoms with Gasteiger partial charge in [-0.3, -0.25) is 9.69 Å². The minimum absolute atomic E-state index is 0.100. The quantitative estimate of drug-likeness (QED) is 0.840. The third kappa shape index (κ3) is 2.91. The standard InChI is InChI=1S/C16H21N3O3/c1-11-10-19(16(21)22-11)15-9-14(3-6-17-15)13-4-7-18(8-5-13)12(2)20/h3,6,9,11,13H,4-5,7-8,10H2,1-2H3/t11-/m0/s1. The van der Waals surface area contributed by atoms with Crippen molar-refractivity contribution in [3.63, 3.8) is 0 Å². The van der Waals surface area contributed by atoms with Gasteiger partial charge in [0.1, 0.15) is 11.9 Å². The second-order valence-corrected chi connectivity index (χ2v) is 6.03. The van der Waals surface area contributed by atoms with E-state index in [0.29, 0.717) is 18.3 Å². The Morgan fingerprint density at radius 1 is 1.36 bits per heavy atom. The highest BCUT2D eigenvalue weighted by atomic mass is 16.6. The van der Waals surface area contributed by atoms with Gasteiger partial charge in [0.25, 0.3) is 0 Å². The number of rotatable bonds is 2. The Hall–Kier alpha value is -2.11. The van der Waals surface area contributed by atoms with Crippen molar-refractivity contribution in [2.24, 2.45) is 0 Å². The summed E-state index contributed by atoms with van der Waals surface area (Å²) in [5.74, 6) is 1.21. The van der Waals surface area contributed by atoms with Crippen LogP contribution in [0.15, 0.2) is 18.3 Å². The first-order chi connectivity index (χ1) is 10.5.